The molecular formula is C42H51N3O. The summed E-state index contributed by atoms with van der Waals surface area (Å²) < 4.78 is 8.91. The van der Waals surface area contributed by atoms with Crippen LogP contribution in [0.5, 0.6) is 0 Å². The Labute approximate surface area is 275 Å². The van der Waals surface area contributed by atoms with E-state index in [0.29, 0.717) is 18.4 Å². The van der Waals surface area contributed by atoms with E-state index < -0.39 is 0 Å². The number of aryl methyl sites for hydroxylation is 1. The molecule has 1 aliphatic rings. The molecule has 0 N–H and O–H groups in total. The van der Waals surface area contributed by atoms with Crippen LogP contribution in [0.2, 0.25) is 0 Å². The number of ether oxygens (including phenoxy) is 1. The lowest BCUT2D eigenvalue weighted by Gasteiger charge is -2.29. The van der Waals surface area contributed by atoms with E-state index in [2.05, 4.69) is 134 Å². The summed E-state index contributed by atoms with van der Waals surface area (Å²) in [5, 5.41) is 2.51. The molecule has 240 valence electrons. The van der Waals surface area contributed by atoms with Crippen LogP contribution in [0.3, 0.4) is 0 Å². The fraction of sp³-hybridized carbons (Fsp3) is 0.429. The van der Waals surface area contributed by atoms with Gasteiger partial charge in [-0.25, -0.2) is 4.99 Å². The van der Waals surface area contributed by atoms with Crippen molar-refractivity contribution in [2.24, 2.45) is 10.9 Å². The summed E-state index contributed by atoms with van der Waals surface area (Å²) in [6.45, 7) is 21.0. The molecule has 0 amide bonds. The first-order valence-electron chi connectivity index (χ1n) is 17.3. The number of nitrogens with zero attached hydrogens (tertiary/aromatic N) is 3. The maximum absolute atomic E-state index is 6.47. The number of aliphatic imine (C=N–C) groups is 1. The smallest absolute Gasteiger partial charge is 0.216 e. The molecule has 0 unspecified atom stereocenters. The normalized spacial score (nSPS) is 17.0. The molecule has 5 aromatic rings. The van der Waals surface area contributed by atoms with Gasteiger partial charge in [0.05, 0.1) is 22.3 Å². The van der Waals surface area contributed by atoms with E-state index in [1.54, 1.807) is 0 Å². The van der Waals surface area contributed by atoms with Crippen molar-refractivity contribution in [1.29, 1.82) is 0 Å². The fourth-order valence-corrected chi connectivity index (χ4v) is 7.18. The predicted molar refractivity (Wildman–Crippen MR) is 196 cm³/mol. The molecule has 0 fully saturated rings. The highest BCUT2D eigenvalue weighted by Gasteiger charge is 2.39. The van der Waals surface area contributed by atoms with E-state index in [-0.39, 0.29) is 11.0 Å². The van der Waals surface area contributed by atoms with Crippen LogP contribution in [0, 0.1) is 12.8 Å². The Balaban J connectivity index is 1.55. The van der Waals surface area contributed by atoms with Gasteiger partial charge in [-0.2, -0.15) is 0 Å². The van der Waals surface area contributed by atoms with E-state index in [1.807, 2.05) is 6.20 Å². The van der Waals surface area contributed by atoms with Gasteiger partial charge in [-0.1, -0.05) is 85.1 Å². The van der Waals surface area contributed by atoms with E-state index in [4.69, 9.17) is 14.7 Å². The number of benzene rings is 3. The molecule has 3 heterocycles. The third-order valence-electron chi connectivity index (χ3n) is 9.97. The molecule has 0 radical (unpaired) electrons. The van der Waals surface area contributed by atoms with Gasteiger partial charge in [0.15, 0.2) is 0 Å². The standard InChI is InChI=1S/C42H51N3O/c1-10-12-32(13-11-2)42(9)26-46-40(44-42)31-21-30(27(3)4)22-34(23-31)45-38-17-14-28(5)20-36(38)35-16-15-29(24-39(35)45)37-25-33(18-19-43-37)41(6,7)8/h14-25,27,32H,10-13,26H2,1-9H3/t42-/m0/s1. The second-order valence-electron chi connectivity index (χ2n) is 15.1. The van der Waals surface area contributed by atoms with Gasteiger partial charge in [-0.3, -0.25) is 4.98 Å². The van der Waals surface area contributed by atoms with E-state index >= 15 is 0 Å². The Morgan fingerprint density at radius 2 is 1.61 bits per heavy atom. The maximum Gasteiger partial charge on any atom is 0.216 e. The number of rotatable bonds is 9. The molecule has 46 heavy (non-hydrogen) atoms. The molecule has 0 bridgehead atoms. The van der Waals surface area contributed by atoms with Gasteiger partial charge in [0.1, 0.15) is 6.61 Å². The number of hydrogen-bond acceptors (Lipinski definition) is 3. The minimum Gasteiger partial charge on any atom is -0.475 e. The van der Waals surface area contributed by atoms with Crippen LogP contribution in [0.15, 0.2) is 77.9 Å². The van der Waals surface area contributed by atoms with Crippen LogP contribution in [0.1, 0.15) is 109 Å². The average Bonchev–Trinajstić information content (AvgIpc) is 3.58. The predicted octanol–water partition coefficient (Wildman–Crippen LogP) is 11.3. The second-order valence-corrected chi connectivity index (χ2v) is 15.1. The van der Waals surface area contributed by atoms with Gasteiger partial charge in [-0.05, 0) is 104 Å². The van der Waals surface area contributed by atoms with Crippen molar-refractivity contribution < 1.29 is 4.74 Å². The zero-order valence-corrected chi connectivity index (χ0v) is 29.4. The number of hydrogen-bond donors (Lipinski definition) is 0. The summed E-state index contributed by atoms with van der Waals surface area (Å²) in [4.78, 5) is 10.2. The van der Waals surface area contributed by atoms with E-state index in [9.17, 15) is 0 Å². The molecule has 2 aromatic heterocycles. The quantitative estimate of drug-likeness (QED) is 0.166. The lowest BCUT2D eigenvalue weighted by molar-refractivity contribution is 0.188. The van der Waals surface area contributed by atoms with Crippen molar-refractivity contribution in [2.75, 3.05) is 6.61 Å². The van der Waals surface area contributed by atoms with Crippen molar-refractivity contribution in [3.05, 3.63) is 95.2 Å². The maximum atomic E-state index is 6.47. The van der Waals surface area contributed by atoms with Crippen molar-refractivity contribution in [3.8, 4) is 16.9 Å². The van der Waals surface area contributed by atoms with Gasteiger partial charge in [0, 0.05) is 33.8 Å². The monoisotopic (exact) mass is 613 g/mol. The van der Waals surface area contributed by atoms with Gasteiger partial charge in [0.2, 0.25) is 5.90 Å². The molecule has 4 heteroatoms. The van der Waals surface area contributed by atoms with E-state index in [0.717, 1.165) is 28.4 Å². The molecule has 0 spiro atoms. The van der Waals surface area contributed by atoms with Crippen LogP contribution >= 0.6 is 0 Å². The summed E-state index contributed by atoms with van der Waals surface area (Å²) in [5.74, 6) is 1.66. The summed E-state index contributed by atoms with van der Waals surface area (Å²) in [5.41, 5.74) is 10.4. The third-order valence-corrected chi connectivity index (χ3v) is 9.97. The SMILES string of the molecule is CCCC(CCC)[C@]1(C)COC(c2cc(C(C)C)cc(-n3c4ccc(C)cc4c4ccc(-c5cc(C(C)(C)C)ccn5)cc43)c2)=N1. The number of fused-ring (bicyclic) bond motifs is 3. The summed E-state index contributed by atoms with van der Waals surface area (Å²) in [6.07, 6.45) is 6.64. The highest BCUT2D eigenvalue weighted by atomic mass is 16.5. The Hall–Kier alpha value is -3.92. The van der Waals surface area contributed by atoms with E-state index in [1.165, 1.54) is 64.2 Å². The molecule has 0 saturated carbocycles. The number of aromatic nitrogens is 2. The first kappa shape index (κ1) is 32.0. The first-order chi connectivity index (χ1) is 21.9. The van der Waals surface area contributed by atoms with Gasteiger partial charge in [-0.15, -0.1) is 0 Å². The third kappa shape index (κ3) is 5.99. The molecule has 0 saturated heterocycles. The Kier molecular flexibility index (Phi) is 8.61. The minimum atomic E-state index is -0.191. The molecule has 4 nitrogen and oxygen atoms in total. The van der Waals surface area contributed by atoms with Crippen molar-refractivity contribution in [2.45, 2.75) is 105 Å². The molecule has 0 aliphatic carbocycles. The second kappa shape index (κ2) is 12.4. The topological polar surface area (TPSA) is 39.4 Å². The Morgan fingerprint density at radius 3 is 2.30 bits per heavy atom. The Morgan fingerprint density at radius 1 is 0.848 bits per heavy atom. The summed E-state index contributed by atoms with van der Waals surface area (Å²) in [6, 6.07) is 24.9. The van der Waals surface area contributed by atoms with Gasteiger partial charge in [0.25, 0.3) is 0 Å². The van der Waals surface area contributed by atoms with Crippen molar-refractivity contribution in [3.63, 3.8) is 0 Å². The van der Waals surface area contributed by atoms with Crippen LogP contribution in [-0.2, 0) is 10.2 Å². The lowest BCUT2D eigenvalue weighted by atomic mass is 9.81. The highest BCUT2D eigenvalue weighted by Crippen LogP contribution is 2.39. The number of pyridine rings is 1. The highest BCUT2D eigenvalue weighted by molar-refractivity contribution is 6.10. The summed E-state index contributed by atoms with van der Waals surface area (Å²) in [7, 11) is 0. The van der Waals surface area contributed by atoms with Crippen LogP contribution in [-0.4, -0.2) is 27.6 Å². The van der Waals surface area contributed by atoms with Crippen molar-refractivity contribution in [1.82, 2.24) is 9.55 Å². The minimum absolute atomic E-state index is 0.0517. The fourth-order valence-electron chi connectivity index (χ4n) is 7.18. The molecule has 1 atom stereocenters. The van der Waals surface area contributed by atoms with Crippen LogP contribution < -0.4 is 0 Å². The van der Waals surface area contributed by atoms with Crippen molar-refractivity contribution >= 4 is 27.7 Å². The summed E-state index contributed by atoms with van der Waals surface area (Å²) >= 11 is 0. The average molecular weight is 614 g/mol. The van der Waals surface area contributed by atoms with Crippen LogP contribution in [0.25, 0.3) is 38.8 Å². The van der Waals surface area contributed by atoms with Gasteiger partial charge < -0.3 is 9.30 Å². The van der Waals surface area contributed by atoms with Gasteiger partial charge >= 0.3 is 0 Å². The molecule has 1 aliphatic heterocycles. The molecule has 3 aromatic carbocycles. The lowest BCUT2D eigenvalue weighted by Crippen LogP contribution is -2.34. The molecular weight excluding hydrogens is 562 g/mol. The first-order valence-corrected chi connectivity index (χ1v) is 17.3. The Bertz CT molecular complexity index is 1920. The van der Waals surface area contributed by atoms with Crippen LogP contribution in [0.4, 0.5) is 0 Å². The molecule has 6 rings (SSSR count). The largest absolute Gasteiger partial charge is 0.475 e. The zero-order chi connectivity index (χ0) is 32.8. The zero-order valence-electron chi connectivity index (χ0n) is 29.4.